The number of hydrogen-bond donors (Lipinski definition) is 1. The molecule has 17 heavy (non-hydrogen) atoms. The van der Waals surface area contributed by atoms with Gasteiger partial charge in [-0.3, -0.25) is 9.88 Å². The molecular formula is C13H20BrN3. The molecule has 1 aliphatic rings. The van der Waals surface area contributed by atoms with E-state index in [9.17, 15) is 0 Å². The van der Waals surface area contributed by atoms with Crippen LogP contribution in [-0.4, -0.2) is 35.1 Å². The lowest BCUT2D eigenvalue weighted by atomic mass is 10.2. The minimum Gasteiger partial charge on any atom is -0.313 e. The van der Waals surface area contributed by atoms with Crippen LogP contribution in [0.3, 0.4) is 0 Å². The monoisotopic (exact) mass is 297 g/mol. The summed E-state index contributed by atoms with van der Waals surface area (Å²) in [4.78, 5) is 6.97. The molecule has 2 atom stereocenters. The van der Waals surface area contributed by atoms with Crippen molar-refractivity contribution in [3.05, 3.63) is 28.5 Å². The van der Waals surface area contributed by atoms with Gasteiger partial charge < -0.3 is 5.32 Å². The first-order chi connectivity index (χ1) is 8.15. The number of hydrogen-bond acceptors (Lipinski definition) is 3. The second-order valence-corrected chi connectivity index (χ2v) is 5.81. The molecule has 0 bridgehead atoms. The number of nitrogens with zero attached hydrogens (tertiary/aromatic N) is 2. The molecule has 1 N–H and O–H groups in total. The van der Waals surface area contributed by atoms with Crippen molar-refractivity contribution >= 4 is 15.9 Å². The second-order valence-electron chi connectivity index (χ2n) is 4.89. The van der Waals surface area contributed by atoms with Gasteiger partial charge in [0.2, 0.25) is 0 Å². The van der Waals surface area contributed by atoms with Crippen LogP contribution in [-0.2, 0) is 6.54 Å². The third kappa shape index (κ3) is 3.76. The predicted molar refractivity (Wildman–Crippen MR) is 73.9 cm³/mol. The van der Waals surface area contributed by atoms with E-state index in [4.69, 9.17) is 0 Å². The Balaban J connectivity index is 2.02. The van der Waals surface area contributed by atoms with Gasteiger partial charge in [-0.1, -0.05) is 0 Å². The summed E-state index contributed by atoms with van der Waals surface area (Å²) in [5.41, 5.74) is 1.15. The highest BCUT2D eigenvalue weighted by molar-refractivity contribution is 9.10. The van der Waals surface area contributed by atoms with Crippen LogP contribution in [0.15, 0.2) is 22.8 Å². The topological polar surface area (TPSA) is 28.2 Å². The van der Waals surface area contributed by atoms with E-state index >= 15 is 0 Å². The Bertz CT molecular complexity index is 352. The standard InChI is InChI=1S/C13H20BrN3/c1-10-8-17(11(2)5-6-15-10)9-13-4-3-12(14)7-16-13/h3-4,7,10-11,15H,5-6,8-9H2,1-2H3. The fraction of sp³-hybridized carbons (Fsp3) is 0.615. The fourth-order valence-corrected chi connectivity index (χ4v) is 2.48. The van der Waals surface area contributed by atoms with E-state index in [1.165, 1.54) is 6.42 Å². The summed E-state index contributed by atoms with van der Waals surface area (Å²) in [6, 6.07) is 5.35. The van der Waals surface area contributed by atoms with Crippen molar-refractivity contribution in [2.45, 2.75) is 38.9 Å². The molecule has 1 aliphatic heterocycles. The molecule has 0 amide bonds. The molecule has 0 saturated carbocycles. The molecule has 1 fully saturated rings. The van der Waals surface area contributed by atoms with Crippen LogP contribution in [0.5, 0.6) is 0 Å². The lowest BCUT2D eigenvalue weighted by molar-refractivity contribution is 0.196. The number of aromatic nitrogens is 1. The third-order valence-corrected chi connectivity index (χ3v) is 3.81. The summed E-state index contributed by atoms with van der Waals surface area (Å²) >= 11 is 3.42. The quantitative estimate of drug-likeness (QED) is 0.909. The van der Waals surface area contributed by atoms with E-state index in [1.54, 1.807) is 0 Å². The average Bonchev–Trinajstić information content (AvgIpc) is 2.45. The van der Waals surface area contributed by atoms with E-state index in [2.05, 4.69) is 57.1 Å². The Labute approximate surface area is 112 Å². The highest BCUT2D eigenvalue weighted by Gasteiger charge is 2.20. The summed E-state index contributed by atoms with van der Waals surface area (Å²) in [6.07, 6.45) is 3.08. The molecule has 2 rings (SSSR count). The van der Waals surface area contributed by atoms with E-state index < -0.39 is 0 Å². The first-order valence-corrected chi connectivity index (χ1v) is 7.02. The van der Waals surface area contributed by atoms with Gasteiger partial charge in [-0.2, -0.15) is 0 Å². The van der Waals surface area contributed by atoms with E-state index in [0.717, 1.165) is 29.8 Å². The highest BCUT2D eigenvalue weighted by atomic mass is 79.9. The van der Waals surface area contributed by atoms with Gasteiger partial charge in [0.15, 0.2) is 0 Å². The van der Waals surface area contributed by atoms with Crippen LogP contribution in [0.25, 0.3) is 0 Å². The number of halogens is 1. The lowest BCUT2D eigenvalue weighted by Gasteiger charge is -2.27. The Morgan fingerprint density at radius 2 is 2.29 bits per heavy atom. The molecule has 2 heterocycles. The molecule has 94 valence electrons. The van der Waals surface area contributed by atoms with Crippen molar-refractivity contribution in [3.63, 3.8) is 0 Å². The van der Waals surface area contributed by atoms with Gasteiger partial charge in [0.05, 0.1) is 5.69 Å². The van der Waals surface area contributed by atoms with Crippen LogP contribution in [0.2, 0.25) is 0 Å². The first kappa shape index (κ1) is 13.0. The predicted octanol–water partition coefficient (Wildman–Crippen LogP) is 2.42. The molecule has 0 spiro atoms. The second kappa shape index (κ2) is 5.94. The number of pyridine rings is 1. The summed E-state index contributed by atoms with van der Waals surface area (Å²) < 4.78 is 1.04. The average molecular weight is 298 g/mol. The molecule has 2 unspecified atom stereocenters. The third-order valence-electron chi connectivity index (χ3n) is 3.34. The first-order valence-electron chi connectivity index (χ1n) is 6.23. The Hall–Kier alpha value is -0.450. The van der Waals surface area contributed by atoms with E-state index in [0.29, 0.717) is 12.1 Å². The fourth-order valence-electron chi connectivity index (χ4n) is 2.25. The Morgan fingerprint density at radius 3 is 3.00 bits per heavy atom. The van der Waals surface area contributed by atoms with Gasteiger partial charge in [0.25, 0.3) is 0 Å². The summed E-state index contributed by atoms with van der Waals surface area (Å²) in [7, 11) is 0. The van der Waals surface area contributed by atoms with Gasteiger partial charge in [-0.05, 0) is 54.9 Å². The van der Waals surface area contributed by atoms with Crippen LogP contribution in [0.4, 0.5) is 0 Å². The normalized spacial score (nSPS) is 26.8. The lowest BCUT2D eigenvalue weighted by Crippen LogP contribution is -2.38. The molecule has 0 aromatic carbocycles. The zero-order chi connectivity index (χ0) is 12.3. The highest BCUT2D eigenvalue weighted by Crippen LogP contribution is 2.14. The van der Waals surface area contributed by atoms with Crippen molar-refractivity contribution in [3.8, 4) is 0 Å². The van der Waals surface area contributed by atoms with Crippen molar-refractivity contribution < 1.29 is 0 Å². The molecule has 0 aliphatic carbocycles. The van der Waals surface area contributed by atoms with Gasteiger partial charge in [-0.15, -0.1) is 0 Å². The van der Waals surface area contributed by atoms with Gasteiger partial charge in [0, 0.05) is 35.8 Å². The molecule has 3 nitrogen and oxygen atoms in total. The largest absolute Gasteiger partial charge is 0.313 e. The van der Waals surface area contributed by atoms with Crippen LogP contribution < -0.4 is 5.32 Å². The van der Waals surface area contributed by atoms with Crippen molar-refractivity contribution in [1.82, 2.24) is 15.2 Å². The van der Waals surface area contributed by atoms with Crippen molar-refractivity contribution in [2.24, 2.45) is 0 Å². The maximum atomic E-state index is 4.45. The summed E-state index contributed by atoms with van der Waals surface area (Å²) in [5.74, 6) is 0. The number of rotatable bonds is 2. The van der Waals surface area contributed by atoms with Gasteiger partial charge >= 0.3 is 0 Å². The zero-order valence-electron chi connectivity index (χ0n) is 10.5. The maximum absolute atomic E-state index is 4.45. The van der Waals surface area contributed by atoms with Crippen LogP contribution in [0.1, 0.15) is 26.0 Å². The minimum atomic E-state index is 0.565. The van der Waals surface area contributed by atoms with Crippen molar-refractivity contribution in [1.29, 1.82) is 0 Å². The van der Waals surface area contributed by atoms with Crippen molar-refractivity contribution in [2.75, 3.05) is 13.1 Å². The summed E-state index contributed by atoms with van der Waals surface area (Å²) in [5, 5.41) is 3.53. The molecule has 1 aromatic heterocycles. The maximum Gasteiger partial charge on any atom is 0.0544 e. The van der Waals surface area contributed by atoms with Gasteiger partial charge in [-0.25, -0.2) is 0 Å². The summed E-state index contributed by atoms with van der Waals surface area (Å²) in [6.45, 7) is 7.71. The molecular weight excluding hydrogens is 278 g/mol. The molecule has 1 saturated heterocycles. The zero-order valence-corrected chi connectivity index (χ0v) is 12.1. The van der Waals surface area contributed by atoms with Crippen LogP contribution >= 0.6 is 15.9 Å². The van der Waals surface area contributed by atoms with E-state index in [-0.39, 0.29) is 0 Å². The molecule has 0 radical (unpaired) electrons. The minimum absolute atomic E-state index is 0.565. The number of nitrogens with one attached hydrogen (secondary N) is 1. The Kier molecular flexibility index (Phi) is 4.54. The molecule has 1 aromatic rings. The SMILES string of the molecule is CC1CN(Cc2ccc(Br)cn2)C(C)CCN1. The molecule has 4 heteroatoms. The smallest absolute Gasteiger partial charge is 0.0544 e. The van der Waals surface area contributed by atoms with E-state index in [1.807, 2.05) is 6.20 Å². The van der Waals surface area contributed by atoms with Crippen LogP contribution in [0, 0.1) is 0 Å². The van der Waals surface area contributed by atoms with Gasteiger partial charge in [0.1, 0.15) is 0 Å². The Morgan fingerprint density at radius 1 is 1.47 bits per heavy atom.